The van der Waals surface area contributed by atoms with E-state index in [9.17, 15) is 4.79 Å². The van der Waals surface area contributed by atoms with Gasteiger partial charge < -0.3 is 5.32 Å². The average molecular weight is 321 g/mol. The zero-order chi connectivity index (χ0) is 16.2. The normalized spacial score (nSPS) is 11.9. The summed E-state index contributed by atoms with van der Waals surface area (Å²) in [5.41, 5.74) is 4.40. The number of hydrogen-bond donors (Lipinski definition) is 1. The number of carbonyl (C=O) groups is 1. The van der Waals surface area contributed by atoms with Gasteiger partial charge in [0.2, 0.25) is 0 Å². The van der Waals surface area contributed by atoms with Crippen molar-refractivity contribution in [2.75, 3.05) is 0 Å². The zero-order valence-corrected chi connectivity index (χ0v) is 14.1. The van der Waals surface area contributed by atoms with Gasteiger partial charge in [-0.2, -0.15) is 0 Å². The molecule has 0 radical (unpaired) electrons. The predicted molar refractivity (Wildman–Crippen MR) is 96.0 cm³/mol. The van der Waals surface area contributed by atoms with E-state index in [0.29, 0.717) is 0 Å². The minimum atomic E-state index is -0.147. The fourth-order valence-corrected chi connectivity index (χ4v) is 3.39. The second-order valence-electron chi connectivity index (χ2n) is 5.66. The second-order valence-corrected chi connectivity index (χ2v) is 6.58. The Morgan fingerprint density at radius 2 is 1.57 bits per heavy atom. The highest BCUT2D eigenvalue weighted by Crippen LogP contribution is 2.24. The second kappa shape index (κ2) is 6.80. The van der Waals surface area contributed by atoms with Crippen molar-refractivity contribution in [2.45, 2.75) is 19.9 Å². The van der Waals surface area contributed by atoms with Gasteiger partial charge in [-0.05, 0) is 42.0 Å². The first-order valence-corrected chi connectivity index (χ1v) is 8.49. The van der Waals surface area contributed by atoms with E-state index in [1.807, 2.05) is 48.7 Å². The Morgan fingerprint density at radius 3 is 2.17 bits per heavy atom. The first-order chi connectivity index (χ1) is 11.1. The van der Waals surface area contributed by atoms with Crippen LogP contribution in [-0.2, 0) is 0 Å². The maximum absolute atomic E-state index is 12.6. The number of thiophene rings is 1. The maximum atomic E-state index is 12.6. The topological polar surface area (TPSA) is 29.1 Å². The average Bonchev–Trinajstić information content (AvgIpc) is 3.00. The van der Waals surface area contributed by atoms with Crippen molar-refractivity contribution in [3.8, 4) is 0 Å². The lowest BCUT2D eigenvalue weighted by molar-refractivity contribution is 0.0946. The van der Waals surface area contributed by atoms with E-state index >= 15 is 0 Å². The molecule has 116 valence electrons. The third-order valence-electron chi connectivity index (χ3n) is 3.89. The first kappa shape index (κ1) is 15.5. The van der Waals surface area contributed by atoms with Crippen molar-refractivity contribution < 1.29 is 4.79 Å². The van der Waals surface area contributed by atoms with Gasteiger partial charge in [0.15, 0.2) is 0 Å². The number of aryl methyl sites for hydroxylation is 2. The molecule has 1 atom stereocenters. The van der Waals surface area contributed by atoms with Gasteiger partial charge in [-0.1, -0.05) is 60.2 Å². The summed E-state index contributed by atoms with van der Waals surface area (Å²) in [5, 5.41) is 5.14. The van der Waals surface area contributed by atoms with Crippen molar-refractivity contribution in [3.63, 3.8) is 0 Å². The van der Waals surface area contributed by atoms with Crippen LogP contribution >= 0.6 is 11.3 Å². The molecule has 1 unspecified atom stereocenters. The monoisotopic (exact) mass is 321 g/mol. The van der Waals surface area contributed by atoms with Crippen LogP contribution in [0, 0.1) is 13.8 Å². The van der Waals surface area contributed by atoms with Gasteiger partial charge in [-0.25, -0.2) is 0 Å². The Morgan fingerprint density at radius 1 is 0.913 bits per heavy atom. The van der Waals surface area contributed by atoms with Crippen LogP contribution in [0.5, 0.6) is 0 Å². The number of nitrogens with one attached hydrogen (secondary N) is 1. The largest absolute Gasteiger partial charge is 0.340 e. The van der Waals surface area contributed by atoms with Crippen molar-refractivity contribution in [3.05, 3.63) is 93.2 Å². The van der Waals surface area contributed by atoms with Crippen LogP contribution in [0.25, 0.3) is 0 Å². The SMILES string of the molecule is Cc1ccc(C(NC(=O)c2sccc2C)c2ccccc2)cc1. The highest BCUT2D eigenvalue weighted by molar-refractivity contribution is 7.12. The lowest BCUT2D eigenvalue weighted by Crippen LogP contribution is -2.29. The molecule has 1 N–H and O–H groups in total. The molecule has 0 aliphatic heterocycles. The molecule has 23 heavy (non-hydrogen) atoms. The lowest BCUT2D eigenvalue weighted by Gasteiger charge is -2.20. The van der Waals surface area contributed by atoms with Gasteiger partial charge in [-0.3, -0.25) is 4.79 Å². The Kier molecular flexibility index (Phi) is 4.58. The van der Waals surface area contributed by atoms with Gasteiger partial charge in [0.05, 0.1) is 10.9 Å². The summed E-state index contributed by atoms with van der Waals surface area (Å²) in [4.78, 5) is 13.4. The summed E-state index contributed by atoms with van der Waals surface area (Å²) >= 11 is 1.48. The number of hydrogen-bond acceptors (Lipinski definition) is 2. The van der Waals surface area contributed by atoms with E-state index < -0.39 is 0 Å². The van der Waals surface area contributed by atoms with Crippen molar-refractivity contribution in [2.24, 2.45) is 0 Å². The highest BCUT2D eigenvalue weighted by Gasteiger charge is 2.19. The molecule has 3 heteroatoms. The van der Waals surface area contributed by atoms with Gasteiger partial charge in [0.25, 0.3) is 5.91 Å². The summed E-state index contributed by atoms with van der Waals surface area (Å²) in [6.45, 7) is 4.03. The summed E-state index contributed by atoms with van der Waals surface area (Å²) in [6, 6.07) is 20.2. The van der Waals surface area contributed by atoms with E-state index in [2.05, 4.69) is 36.5 Å². The molecule has 0 aliphatic carbocycles. The van der Waals surface area contributed by atoms with Gasteiger partial charge in [0, 0.05) is 0 Å². The zero-order valence-electron chi connectivity index (χ0n) is 13.2. The minimum absolute atomic E-state index is 0.0214. The predicted octanol–water partition coefficient (Wildman–Crippen LogP) is 4.88. The minimum Gasteiger partial charge on any atom is -0.340 e. The summed E-state index contributed by atoms with van der Waals surface area (Å²) in [7, 11) is 0. The van der Waals surface area contributed by atoms with Crippen LogP contribution in [0.15, 0.2) is 66.0 Å². The Balaban J connectivity index is 1.94. The molecule has 2 aromatic carbocycles. The molecule has 0 bridgehead atoms. The van der Waals surface area contributed by atoms with Crippen molar-refractivity contribution in [1.29, 1.82) is 0 Å². The number of rotatable bonds is 4. The lowest BCUT2D eigenvalue weighted by atomic mass is 9.97. The smallest absolute Gasteiger partial charge is 0.262 e. The van der Waals surface area contributed by atoms with Crippen molar-refractivity contribution >= 4 is 17.2 Å². The Hall–Kier alpha value is -2.39. The van der Waals surface area contributed by atoms with Gasteiger partial charge >= 0.3 is 0 Å². The summed E-state index contributed by atoms with van der Waals surface area (Å²) in [5.74, 6) is -0.0214. The van der Waals surface area contributed by atoms with Gasteiger partial charge in [-0.15, -0.1) is 11.3 Å². The molecule has 1 heterocycles. The molecule has 0 saturated heterocycles. The first-order valence-electron chi connectivity index (χ1n) is 7.61. The van der Waals surface area contributed by atoms with Gasteiger partial charge in [0.1, 0.15) is 0 Å². The number of benzene rings is 2. The third kappa shape index (κ3) is 3.51. The molecule has 1 aromatic heterocycles. The van der Waals surface area contributed by atoms with Crippen LogP contribution in [0.4, 0.5) is 0 Å². The highest BCUT2D eigenvalue weighted by atomic mass is 32.1. The molecule has 3 rings (SSSR count). The summed E-state index contributed by atoms with van der Waals surface area (Å²) in [6.07, 6.45) is 0. The molecular formula is C20H19NOS. The molecule has 3 aromatic rings. The third-order valence-corrected chi connectivity index (χ3v) is 4.90. The molecule has 0 saturated carbocycles. The molecule has 0 aliphatic rings. The van der Waals surface area contributed by atoms with E-state index in [1.54, 1.807) is 0 Å². The maximum Gasteiger partial charge on any atom is 0.262 e. The molecule has 1 amide bonds. The number of carbonyl (C=O) groups excluding carboxylic acids is 1. The number of amides is 1. The van der Waals surface area contributed by atoms with Crippen molar-refractivity contribution in [1.82, 2.24) is 5.32 Å². The standard InChI is InChI=1S/C20H19NOS/c1-14-8-10-17(11-9-14)18(16-6-4-3-5-7-16)21-20(22)19-15(2)12-13-23-19/h3-13,18H,1-2H3,(H,21,22). The fourth-order valence-electron chi connectivity index (χ4n) is 2.57. The Labute approximate surface area is 140 Å². The quantitative estimate of drug-likeness (QED) is 0.728. The van der Waals surface area contributed by atoms with E-state index in [4.69, 9.17) is 0 Å². The molecule has 2 nitrogen and oxygen atoms in total. The Bertz CT molecular complexity index is 790. The molecular weight excluding hydrogens is 302 g/mol. The van der Waals surface area contributed by atoms with E-state index in [-0.39, 0.29) is 11.9 Å². The molecule has 0 spiro atoms. The van der Waals surface area contributed by atoms with Crippen LogP contribution in [0.3, 0.4) is 0 Å². The van der Waals surface area contributed by atoms with Crippen LogP contribution in [-0.4, -0.2) is 5.91 Å². The van der Waals surface area contributed by atoms with Crippen LogP contribution in [0.1, 0.15) is 38.0 Å². The fraction of sp³-hybridized carbons (Fsp3) is 0.150. The van der Waals surface area contributed by atoms with E-state index in [0.717, 1.165) is 21.6 Å². The van der Waals surface area contributed by atoms with Crippen LogP contribution < -0.4 is 5.32 Å². The van der Waals surface area contributed by atoms with Crippen LogP contribution in [0.2, 0.25) is 0 Å². The summed E-state index contributed by atoms with van der Waals surface area (Å²) < 4.78 is 0. The van der Waals surface area contributed by atoms with E-state index in [1.165, 1.54) is 16.9 Å². The molecule has 0 fully saturated rings.